The number of halogens is 4. The molecule has 0 fully saturated rings. The summed E-state index contributed by atoms with van der Waals surface area (Å²) in [6, 6.07) is 9.05. The standard InChI is InChI=1S/C15H9F4NO/c16-11-13(12(17)15(19)20-14(11)18)21-9-5-4-8-10-6-2-1-3-7-10/h1-3,6-7H,5,9H2. The van der Waals surface area contributed by atoms with Gasteiger partial charge in [-0.2, -0.15) is 22.5 Å². The SMILES string of the molecule is Fc1nc(F)c(F)c(OCCC#Cc2ccccc2)c1F. The van der Waals surface area contributed by atoms with E-state index in [1.165, 1.54) is 0 Å². The number of benzene rings is 1. The maximum absolute atomic E-state index is 13.2. The minimum atomic E-state index is -1.75. The van der Waals surface area contributed by atoms with Crippen molar-refractivity contribution in [3.8, 4) is 17.6 Å². The lowest BCUT2D eigenvalue weighted by atomic mass is 10.2. The van der Waals surface area contributed by atoms with Crippen molar-refractivity contribution in [2.45, 2.75) is 6.42 Å². The van der Waals surface area contributed by atoms with Gasteiger partial charge in [0.25, 0.3) is 11.9 Å². The first-order valence-electron chi connectivity index (χ1n) is 5.96. The molecule has 108 valence electrons. The third-order valence-electron chi connectivity index (χ3n) is 2.44. The van der Waals surface area contributed by atoms with E-state index in [1.807, 2.05) is 18.2 Å². The fraction of sp³-hybridized carbons (Fsp3) is 0.133. The van der Waals surface area contributed by atoms with Crippen molar-refractivity contribution in [1.82, 2.24) is 4.98 Å². The molecule has 2 rings (SSSR count). The minimum Gasteiger partial charge on any atom is -0.486 e. The molecule has 2 nitrogen and oxygen atoms in total. The molecule has 0 unspecified atom stereocenters. The molecule has 0 saturated carbocycles. The van der Waals surface area contributed by atoms with Gasteiger partial charge in [0, 0.05) is 12.0 Å². The second-order valence-corrected chi connectivity index (χ2v) is 3.92. The number of ether oxygens (including phenoxy) is 1. The van der Waals surface area contributed by atoms with Crippen LogP contribution in [0, 0.1) is 35.4 Å². The molecule has 0 aliphatic heterocycles. The predicted octanol–water partition coefficient (Wildman–Crippen LogP) is 3.46. The van der Waals surface area contributed by atoms with Crippen LogP contribution >= 0.6 is 0 Å². The van der Waals surface area contributed by atoms with Crippen LogP contribution in [0.1, 0.15) is 12.0 Å². The highest BCUT2D eigenvalue weighted by molar-refractivity contribution is 5.33. The summed E-state index contributed by atoms with van der Waals surface area (Å²) < 4.78 is 56.7. The van der Waals surface area contributed by atoms with Crippen LogP contribution in [0.15, 0.2) is 30.3 Å². The number of hydrogen-bond acceptors (Lipinski definition) is 2. The Labute approximate surface area is 118 Å². The number of aromatic nitrogens is 1. The summed E-state index contributed by atoms with van der Waals surface area (Å²) in [7, 11) is 0. The molecule has 6 heteroatoms. The zero-order chi connectivity index (χ0) is 15.2. The van der Waals surface area contributed by atoms with Crippen molar-refractivity contribution in [2.75, 3.05) is 6.61 Å². The molecule has 21 heavy (non-hydrogen) atoms. The van der Waals surface area contributed by atoms with E-state index in [2.05, 4.69) is 16.8 Å². The van der Waals surface area contributed by atoms with Gasteiger partial charge in [-0.25, -0.2) is 0 Å². The smallest absolute Gasteiger partial charge is 0.255 e. The number of pyridine rings is 1. The van der Waals surface area contributed by atoms with Gasteiger partial charge in [0.1, 0.15) is 0 Å². The lowest BCUT2D eigenvalue weighted by molar-refractivity contribution is 0.270. The van der Waals surface area contributed by atoms with Crippen molar-refractivity contribution in [3.05, 3.63) is 59.4 Å². The van der Waals surface area contributed by atoms with Gasteiger partial charge in [-0.15, -0.1) is 0 Å². The normalized spacial score (nSPS) is 9.90. The summed E-state index contributed by atoms with van der Waals surface area (Å²) in [5, 5.41) is 0. The van der Waals surface area contributed by atoms with Crippen LogP contribution in [0.5, 0.6) is 5.75 Å². The third-order valence-corrected chi connectivity index (χ3v) is 2.44. The van der Waals surface area contributed by atoms with Gasteiger partial charge in [-0.05, 0) is 12.1 Å². The first kappa shape index (κ1) is 14.9. The molecule has 0 aliphatic rings. The largest absolute Gasteiger partial charge is 0.486 e. The molecule has 0 amide bonds. The summed E-state index contributed by atoms with van der Waals surface area (Å²) >= 11 is 0. The van der Waals surface area contributed by atoms with Crippen LogP contribution in [-0.2, 0) is 0 Å². The topological polar surface area (TPSA) is 22.1 Å². The van der Waals surface area contributed by atoms with Crippen LogP contribution < -0.4 is 4.74 Å². The summed E-state index contributed by atoms with van der Waals surface area (Å²) in [5.41, 5.74) is 0.774. The second-order valence-electron chi connectivity index (χ2n) is 3.92. The Kier molecular flexibility index (Phi) is 4.77. The van der Waals surface area contributed by atoms with E-state index < -0.39 is 29.3 Å². The maximum Gasteiger partial charge on any atom is 0.255 e. The molecule has 0 spiro atoms. The molecule has 0 radical (unpaired) electrons. The molecule has 0 bridgehead atoms. The Morgan fingerprint density at radius 1 is 0.952 bits per heavy atom. The Hall–Kier alpha value is -2.55. The van der Waals surface area contributed by atoms with Crippen molar-refractivity contribution in [3.63, 3.8) is 0 Å². The fourth-order valence-electron chi connectivity index (χ4n) is 1.48. The Balaban J connectivity index is 1.97. The third kappa shape index (κ3) is 3.72. The second kappa shape index (κ2) is 6.75. The number of rotatable bonds is 3. The Morgan fingerprint density at radius 3 is 2.19 bits per heavy atom. The first-order chi connectivity index (χ1) is 10.1. The molecule has 1 aromatic heterocycles. The van der Waals surface area contributed by atoms with Crippen LogP contribution in [0.3, 0.4) is 0 Å². The lowest BCUT2D eigenvalue weighted by Crippen LogP contribution is -2.07. The molecular weight excluding hydrogens is 286 g/mol. The molecule has 0 aliphatic carbocycles. The van der Waals surface area contributed by atoms with Gasteiger partial charge in [-0.1, -0.05) is 30.0 Å². The highest BCUT2D eigenvalue weighted by Crippen LogP contribution is 2.24. The van der Waals surface area contributed by atoms with Crippen molar-refractivity contribution < 1.29 is 22.3 Å². The van der Waals surface area contributed by atoms with E-state index in [-0.39, 0.29) is 13.0 Å². The van der Waals surface area contributed by atoms with Crippen LogP contribution in [0.2, 0.25) is 0 Å². The predicted molar refractivity (Wildman–Crippen MR) is 67.5 cm³/mol. The van der Waals surface area contributed by atoms with Crippen molar-refractivity contribution >= 4 is 0 Å². The van der Waals surface area contributed by atoms with Crippen LogP contribution in [0.25, 0.3) is 0 Å². The van der Waals surface area contributed by atoms with E-state index in [1.54, 1.807) is 12.1 Å². The maximum atomic E-state index is 13.2. The van der Waals surface area contributed by atoms with E-state index in [0.717, 1.165) is 5.56 Å². The van der Waals surface area contributed by atoms with Gasteiger partial charge in [0.2, 0.25) is 11.6 Å². The molecule has 2 aromatic rings. The molecule has 1 heterocycles. The van der Waals surface area contributed by atoms with Gasteiger partial charge < -0.3 is 4.74 Å². The molecule has 0 atom stereocenters. The Morgan fingerprint density at radius 2 is 1.57 bits per heavy atom. The first-order valence-corrected chi connectivity index (χ1v) is 5.96. The summed E-state index contributed by atoms with van der Waals surface area (Å²) in [4.78, 5) is 2.43. The van der Waals surface area contributed by atoms with Crippen molar-refractivity contribution in [2.24, 2.45) is 0 Å². The Bertz CT molecular complexity index is 666. The summed E-state index contributed by atoms with van der Waals surface area (Å²) in [6.45, 7) is -0.212. The molecule has 0 N–H and O–H groups in total. The number of hydrogen-bond donors (Lipinski definition) is 0. The number of nitrogens with zero attached hydrogens (tertiary/aromatic N) is 1. The zero-order valence-electron chi connectivity index (χ0n) is 10.7. The zero-order valence-corrected chi connectivity index (χ0v) is 10.7. The minimum absolute atomic E-state index is 0.138. The molecule has 1 aromatic carbocycles. The van der Waals surface area contributed by atoms with Crippen LogP contribution in [0.4, 0.5) is 17.6 Å². The quantitative estimate of drug-likeness (QED) is 0.374. The average molecular weight is 295 g/mol. The monoisotopic (exact) mass is 295 g/mol. The van der Waals surface area contributed by atoms with E-state index in [4.69, 9.17) is 4.74 Å². The van der Waals surface area contributed by atoms with Crippen molar-refractivity contribution in [1.29, 1.82) is 0 Å². The van der Waals surface area contributed by atoms with E-state index in [9.17, 15) is 17.6 Å². The van der Waals surface area contributed by atoms with Crippen LogP contribution in [-0.4, -0.2) is 11.6 Å². The van der Waals surface area contributed by atoms with Gasteiger partial charge in [0.15, 0.2) is 5.75 Å². The van der Waals surface area contributed by atoms with Gasteiger partial charge in [-0.3, -0.25) is 0 Å². The average Bonchev–Trinajstić information content (AvgIpc) is 2.49. The van der Waals surface area contributed by atoms with Gasteiger partial charge in [0.05, 0.1) is 6.61 Å². The highest BCUT2D eigenvalue weighted by Gasteiger charge is 2.21. The van der Waals surface area contributed by atoms with E-state index >= 15 is 0 Å². The fourth-order valence-corrected chi connectivity index (χ4v) is 1.48. The molecular formula is C15H9F4NO. The summed E-state index contributed by atoms with van der Waals surface area (Å²) in [6.07, 6.45) is 0.138. The lowest BCUT2D eigenvalue weighted by Gasteiger charge is -2.06. The van der Waals surface area contributed by atoms with E-state index in [0.29, 0.717) is 0 Å². The van der Waals surface area contributed by atoms with Gasteiger partial charge >= 0.3 is 0 Å². The highest BCUT2D eigenvalue weighted by atomic mass is 19.2. The molecule has 0 saturated heterocycles. The summed E-state index contributed by atoms with van der Waals surface area (Å²) in [5.74, 6) is -2.43.